The average Bonchev–Trinajstić information content (AvgIpc) is 2.31. The molecule has 1 N–H and O–H groups in total. The Morgan fingerprint density at radius 3 is 2.60 bits per heavy atom. The molecule has 0 amide bonds. The van der Waals surface area contributed by atoms with Crippen LogP contribution in [0.2, 0.25) is 5.02 Å². The van der Waals surface area contributed by atoms with Gasteiger partial charge in [-0.05, 0) is 51.5 Å². The van der Waals surface area contributed by atoms with Crippen LogP contribution in [0.25, 0.3) is 10.9 Å². The predicted molar refractivity (Wildman–Crippen MR) is 78.6 cm³/mol. The summed E-state index contributed by atoms with van der Waals surface area (Å²) in [6.45, 7) is 6.81. The number of aryl methyl sites for hydroxylation is 2. The van der Waals surface area contributed by atoms with Crippen LogP contribution >= 0.6 is 11.6 Å². The molecule has 0 aliphatic heterocycles. The zero-order chi connectivity index (χ0) is 15.1. The molecule has 0 saturated heterocycles. The van der Waals surface area contributed by atoms with Crippen molar-refractivity contribution in [2.45, 2.75) is 33.3 Å². The summed E-state index contributed by atoms with van der Waals surface area (Å²) >= 11 is 6.21. The fourth-order valence-electron chi connectivity index (χ4n) is 2.03. The van der Waals surface area contributed by atoms with Crippen LogP contribution in [0.5, 0.6) is 5.75 Å². The van der Waals surface area contributed by atoms with Gasteiger partial charge in [-0.15, -0.1) is 0 Å². The number of pyridine rings is 1. The van der Waals surface area contributed by atoms with Gasteiger partial charge in [0.25, 0.3) is 0 Å². The van der Waals surface area contributed by atoms with Crippen LogP contribution in [-0.2, 0) is 4.79 Å². The number of hydrogen-bond acceptors (Lipinski definition) is 3. The van der Waals surface area contributed by atoms with Crippen LogP contribution in [-0.4, -0.2) is 21.7 Å². The molecule has 0 atom stereocenters. The molecule has 0 spiro atoms. The van der Waals surface area contributed by atoms with E-state index in [-0.39, 0.29) is 0 Å². The first-order valence-corrected chi connectivity index (χ1v) is 6.59. The molecule has 2 aromatic rings. The van der Waals surface area contributed by atoms with Crippen molar-refractivity contribution in [3.63, 3.8) is 0 Å². The lowest BCUT2D eigenvalue weighted by atomic mass is 10.1. The highest BCUT2D eigenvalue weighted by Crippen LogP contribution is 2.34. The molecule has 0 aliphatic carbocycles. The highest BCUT2D eigenvalue weighted by Gasteiger charge is 2.30. The smallest absolute Gasteiger partial charge is 0.347 e. The molecule has 0 unspecified atom stereocenters. The van der Waals surface area contributed by atoms with E-state index in [1.54, 1.807) is 12.1 Å². The van der Waals surface area contributed by atoms with E-state index in [0.29, 0.717) is 16.3 Å². The second-order valence-electron chi connectivity index (χ2n) is 5.27. The molecule has 20 heavy (non-hydrogen) atoms. The van der Waals surface area contributed by atoms with Crippen molar-refractivity contribution < 1.29 is 14.6 Å². The zero-order valence-electron chi connectivity index (χ0n) is 11.8. The third kappa shape index (κ3) is 2.56. The van der Waals surface area contributed by atoms with Crippen LogP contribution < -0.4 is 4.74 Å². The van der Waals surface area contributed by atoms with Gasteiger partial charge in [-0.1, -0.05) is 11.6 Å². The fraction of sp³-hybridized carbons (Fsp3) is 0.333. The van der Waals surface area contributed by atoms with Gasteiger partial charge in [0.2, 0.25) is 0 Å². The summed E-state index contributed by atoms with van der Waals surface area (Å²) in [4.78, 5) is 15.6. The molecule has 5 heteroatoms. The summed E-state index contributed by atoms with van der Waals surface area (Å²) in [5.41, 5.74) is 1.07. The van der Waals surface area contributed by atoms with E-state index >= 15 is 0 Å². The topological polar surface area (TPSA) is 59.4 Å². The Morgan fingerprint density at radius 2 is 2.00 bits per heavy atom. The number of carboxylic acids is 1. The minimum absolute atomic E-state index is 0.420. The van der Waals surface area contributed by atoms with Gasteiger partial charge in [0.05, 0.1) is 5.02 Å². The Labute approximate surface area is 122 Å². The van der Waals surface area contributed by atoms with Gasteiger partial charge >= 0.3 is 5.97 Å². The number of aromatic nitrogens is 1. The normalized spacial score (nSPS) is 11.7. The summed E-state index contributed by atoms with van der Waals surface area (Å²) in [6, 6.07) is 5.28. The molecule has 106 valence electrons. The van der Waals surface area contributed by atoms with Crippen molar-refractivity contribution in [2.24, 2.45) is 0 Å². The van der Waals surface area contributed by atoms with Crippen LogP contribution in [0.3, 0.4) is 0 Å². The summed E-state index contributed by atoms with van der Waals surface area (Å²) < 4.78 is 5.62. The van der Waals surface area contributed by atoms with Crippen LogP contribution in [0.4, 0.5) is 0 Å². The maximum Gasteiger partial charge on any atom is 0.347 e. The van der Waals surface area contributed by atoms with Crippen LogP contribution in [0.1, 0.15) is 25.1 Å². The van der Waals surface area contributed by atoms with Crippen LogP contribution in [0, 0.1) is 13.8 Å². The van der Waals surface area contributed by atoms with Gasteiger partial charge in [-0.2, -0.15) is 0 Å². The summed E-state index contributed by atoms with van der Waals surface area (Å²) in [5, 5.41) is 10.5. The molecule has 1 heterocycles. The van der Waals surface area contributed by atoms with E-state index in [9.17, 15) is 4.79 Å². The number of nitrogens with zero attached hydrogens (tertiary/aromatic N) is 1. The van der Waals surface area contributed by atoms with Crippen molar-refractivity contribution >= 4 is 28.5 Å². The van der Waals surface area contributed by atoms with E-state index in [1.807, 2.05) is 19.9 Å². The molecule has 0 saturated carbocycles. The van der Waals surface area contributed by atoms with E-state index in [0.717, 1.165) is 16.6 Å². The number of fused-ring (bicyclic) bond motifs is 1. The molecule has 2 rings (SSSR count). The van der Waals surface area contributed by atoms with Gasteiger partial charge in [0.15, 0.2) is 5.60 Å². The molecule has 0 bridgehead atoms. The molecular formula is C15H16ClNO3. The molecule has 1 aromatic heterocycles. The second kappa shape index (κ2) is 4.94. The van der Waals surface area contributed by atoms with Crippen LogP contribution in [0.15, 0.2) is 18.2 Å². The molecule has 0 radical (unpaired) electrons. The van der Waals surface area contributed by atoms with Crippen molar-refractivity contribution in [1.82, 2.24) is 4.98 Å². The summed E-state index contributed by atoms with van der Waals surface area (Å²) in [6.07, 6.45) is 0. The Kier molecular flexibility index (Phi) is 3.61. The average molecular weight is 294 g/mol. The minimum atomic E-state index is -1.33. The summed E-state index contributed by atoms with van der Waals surface area (Å²) in [7, 11) is 0. The monoisotopic (exact) mass is 293 g/mol. The number of carbonyl (C=O) groups is 1. The predicted octanol–water partition coefficient (Wildman–Crippen LogP) is 3.75. The maximum atomic E-state index is 11.2. The number of halogens is 1. The minimum Gasteiger partial charge on any atom is -0.478 e. The van der Waals surface area contributed by atoms with E-state index in [4.69, 9.17) is 21.4 Å². The molecule has 1 aromatic carbocycles. The van der Waals surface area contributed by atoms with E-state index < -0.39 is 11.6 Å². The van der Waals surface area contributed by atoms with Crippen molar-refractivity contribution in [2.75, 3.05) is 0 Å². The Hall–Kier alpha value is -1.81. The van der Waals surface area contributed by atoms with Gasteiger partial charge < -0.3 is 9.84 Å². The number of aliphatic carboxylic acids is 1. The van der Waals surface area contributed by atoms with Crippen molar-refractivity contribution in [1.29, 1.82) is 0 Å². The first-order chi connectivity index (χ1) is 9.22. The number of rotatable bonds is 3. The number of benzene rings is 1. The van der Waals surface area contributed by atoms with E-state index in [1.165, 1.54) is 13.8 Å². The van der Waals surface area contributed by atoms with Crippen molar-refractivity contribution in [3.8, 4) is 5.75 Å². The lowest BCUT2D eigenvalue weighted by molar-refractivity contribution is -0.152. The third-order valence-corrected chi connectivity index (χ3v) is 3.39. The van der Waals surface area contributed by atoms with Gasteiger partial charge in [-0.25, -0.2) is 9.78 Å². The number of ether oxygens (including phenoxy) is 1. The molecule has 0 aliphatic rings. The van der Waals surface area contributed by atoms with Gasteiger partial charge in [-0.3, -0.25) is 0 Å². The molecule has 0 fully saturated rings. The summed E-state index contributed by atoms with van der Waals surface area (Å²) in [5.74, 6) is -0.617. The lowest BCUT2D eigenvalue weighted by Gasteiger charge is -2.22. The SMILES string of the molecule is Cc1cc(C)c2c(Cl)ccc(OC(C)(C)C(=O)O)c2n1. The zero-order valence-corrected chi connectivity index (χ0v) is 12.6. The second-order valence-corrected chi connectivity index (χ2v) is 5.67. The number of carboxylic acid groups (broad SMARTS) is 1. The third-order valence-electron chi connectivity index (χ3n) is 3.08. The Bertz CT molecular complexity index is 695. The fourth-order valence-corrected chi connectivity index (χ4v) is 2.33. The number of hydrogen-bond donors (Lipinski definition) is 1. The first-order valence-electron chi connectivity index (χ1n) is 6.21. The maximum absolute atomic E-state index is 11.2. The highest BCUT2D eigenvalue weighted by atomic mass is 35.5. The van der Waals surface area contributed by atoms with Gasteiger partial charge in [0, 0.05) is 11.1 Å². The quantitative estimate of drug-likeness (QED) is 0.936. The first kappa shape index (κ1) is 14.6. The highest BCUT2D eigenvalue weighted by molar-refractivity contribution is 6.35. The van der Waals surface area contributed by atoms with Gasteiger partial charge in [0.1, 0.15) is 11.3 Å². The van der Waals surface area contributed by atoms with E-state index in [2.05, 4.69) is 4.98 Å². The standard InChI is InChI=1S/C15H16ClNO3/c1-8-7-9(2)17-13-11(6-5-10(16)12(8)13)20-15(3,4)14(18)19/h5-7H,1-4H3,(H,18,19). The van der Waals surface area contributed by atoms with Crippen molar-refractivity contribution in [3.05, 3.63) is 34.5 Å². The Morgan fingerprint density at radius 1 is 1.35 bits per heavy atom. The molecule has 4 nitrogen and oxygen atoms in total. The largest absolute Gasteiger partial charge is 0.478 e. The Balaban J connectivity index is 2.67. The molecular weight excluding hydrogens is 278 g/mol. The lowest BCUT2D eigenvalue weighted by Crippen LogP contribution is -2.38.